The normalized spacial score (nSPS) is 38.8. The summed E-state index contributed by atoms with van der Waals surface area (Å²) in [5.74, 6) is -2.14. The quantitative estimate of drug-likeness (QED) is 0.379. The van der Waals surface area contributed by atoms with E-state index in [2.05, 4.69) is 0 Å². The van der Waals surface area contributed by atoms with Crippen molar-refractivity contribution in [3.05, 3.63) is 0 Å². The van der Waals surface area contributed by atoms with Gasteiger partial charge in [-0.2, -0.15) is 0 Å². The Morgan fingerprint density at radius 1 is 1.26 bits per heavy atom. The van der Waals surface area contributed by atoms with Crippen LogP contribution in [-0.2, 0) is 4.79 Å². The summed E-state index contributed by atoms with van der Waals surface area (Å²) in [4.78, 5) is 11.8. The fourth-order valence-electron chi connectivity index (χ4n) is 4.93. The number of rotatable bonds is 6. The van der Waals surface area contributed by atoms with E-state index in [0.717, 1.165) is 12.8 Å². The molecule has 0 heterocycles. The van der Waals surface area contributed by atoms with Crippen molar-refractivity contribution in [1.82, 2.24) is 0 Å². The topological polar surface area (TPSA) is 138 Å². The van der Waals surface area contributed by atoms with Crippen molar-refractivity contribution in [2.45, 2.75) is 63.9 Å². The van der Waals surface area contributed by atoms with Gasteiger partial charge in [0.1, 0.15) is 18.3 Å². The van der Waals surface area contributed by atoms with E-state index >= 15 is 0 Å². The van der Waals surface area contributed by atoms with E-state index in [4.69, 9.17) is 5.11 Å². The van der Waals surface area contributed by atoms with Crippen molar-refractivity contribution in [3.63, 3.8) is 0 Å². The van der Waals surface area contributed by atoms with Gasteiger partial charge in [0.25, 0.3) is 0 Å². The van der Waals surface area contributed by atoms with E-state index in [-0.39, 0.29) is 11.3 Å². The fraction of sp³-hybridized carbons (Fsp3) is 0.938. The molecule has 7 heteroatoms. The molecule has 2 aliphatic rings. The predicted molar refractivity (Wildman–Crippen MR) is 80.4 cm³/mol. The molecule has 7 atom stereocenters. The van der Waals surface area contributed by atoms with E-state index in [9.17, 15) is 30.3 Å². The largest absolute Gasteiger partial charge is 0.479 e. The average molecular weight is 332 g/mol. The molecular weight excluding hydrogens is 304 g/mol. The molecule has 7 nitrogen and oxygen atoms in total. The second kappa shape index (κ2) is 5.67. The van der Waals surface area contributed by atoms with Crippen LogP contribution in [0.4, 0.5) is 0 Å². The number of hydrogen-bond donors (Lipinski definition) is 6. The van der Waals surface area contributed by atoms with Crippen molar-refractivity contribution in [3.8, 4) is 0 Å². The minimum atomic E-state index is -2.59. The summed E-state index contributed by atoms with van der Waals surface area (Å²) >= 11 is 0. The molecule has 23 heavy (non-hydrogen) atoms. The number of aliphatic carboxylic acids is 1. The third-order valence-electron chi connectivity index (χ3n) is 7.02. The van der Waals surface area contributed by atoms with Crippen LogP contribution >= 0.6 is 0 Å². The molecule has 0 aromatic rings. The van der Waals surface area contributed by atoms with E-state index in [1.54, 1.807) is 0 Å². The SMILES string of the molecule is CC1(C)C2CCC1(C)C([C@](O)(C(=O)O)[C@@H](O)[C@H](O)[C@H](O)CO)C2. The highest BCUT2D eigenvalue weighted by molar-refractivity contribution is 5.79. The van der Waals surface area contributed by atoms with Crippen LogP contribution in [0.1, 0.15) is 40.0 Å². The summed E-state index contributed by atoms with van der Waals surface area (Å²) in [5.41, 5.74) is -3.28. The number of carboxylic acid groups (broad SMARTS) is 1. The standard InChI is InChI=1S/C16H28O7/c1-14(2)8-4-5-15(14,3)10(6-8)16(23,13(21)22)12(20)11(19)9(18)7-17/h8-12,17-20,23H,4-7H2,1-3H3,(H,21,22)/t8?,9-,10?,11-,12+,15?,16-/m1/s1. The lowest BCUT2D eigenvalue weighted by Gasteiger charge is -2.47. The molecule has 0 saturated heterocycles. The van der Waals surface area contributed by atoms with Crippen molar-refractivity contribution in [2.75, 3.05) is 6.61 Å². The van der Waals surface area contributed by atoms with Crippen LogP contribution in [0.3, 0.4) is 0 Å². The third kappa shape index (κ3) is 2.33. The second-order valence-electron chi connectivity index (χ2n) is 7.98. The van der Waals surface area contributed by atoms with Crippen molar-refractivity contribution in [2.24, 2.45) is 22.7 Å². The van der Waals surface area contributed by atoms with Gasteiger partial charge in [-0.25, -0.2) is 4.79 Å². The predicted octanol–water partition coefficient (Wildman–Crippen LogP) is -0.661. The number of hydrogen-bond acceptors (Lipinski definition) is 6. The van der Waals surface area contributed by atoms with Gasteiger partial charge in [-0.05, 0) is 36.0 Å². The first kappa shape index (κ1) is 18.6. The third-order valence-corrected chi connectivity index (χ3v) is 7.02. The van der Waals surface area contributed by atoms with Gasteiger partial charge in [0.05, 0.1) is 6.61 Å². The molecule has 0 aromatic heterocycles. The van der Waals surface area contributed by atoms with Crippen molar-refractivity contribution < 1.29 is 35.4 Å². The van der Waals surface area contributed by atoms with Gasteiger partial charge >= 0.3 is 5.97 Å². The molecule has 2 bridgehead atoms. The lowest BCUT2D eigenvalue weighted by molar-refractivity contribution is -0.215. The summed E-state index contributed by atoms with van der Waals surface area (Å²) in [5, 5.41) is 59.2. The Bertz CT molecular complexity index is 479. The zero-order valence-corrected chi connectivity index (χ0v) is 13.8. The van der Waals surface area contributed by atoms with Crippen LogP contribution in [0.25, 0.3) is 0 Å². The van der Waals surface area contributed by atoms with E-state index in [1.165, 1.54) is 0 Å². The molecule has 0 amide bonds. The lowest BCUT2D eigenvalue weighted by atomic mass is 9.60. The average Bonchev–Trinajstić information content (AvgIpc) is 2.84. The Morgan fingerprint density at radius 2 is 1.83 bits per heavy atom. The Labute approximate surface area is 135 Å². The van der Waals surface area contributed by atoms with Crippen LogP contribution in [0, 0.1) is 22.7 Å². The molecule has 0 aromatic carbocycles. The van der Waals surface area contributed by atoms with Gasteiger partial charge in [-0.1, -0.05) is 20.8 Å². The molecule has 134 valence electrons. The summed E-state index contributed by atoms with van der Waals surface area (Å²) < 4.78 is 0. The number of carbonyl (C=O) groups is 1. The Kier molecular flexibility index (Phi) is 4.58. The molecule has 2 rings (SSSR count). The summed E-state index contributed by atoms with van der Waals surface area (Å²) in [6.45, 7) is 5.15. The number of aliphatic hydroxyl groups is 5. The van der Waals surface area contributed by atoms with Gasteiger partial charge in [-0.15, -0.1) is 0 Å². The van der Waals surface area contributed by atoms with Gasteiger partial charge in [0.15, 0.2) is 5.60 Å². The second-order valence-corrected chi connectivity index (χ2v) is 7.98. The first-order chi connectivity index (χ1) is 10.4. The molecule has 2 saturated carbocycles. The van der Waals surface area contributed by atoms with Crippen LogP contribution < -0.4 is 0 Å². The van der Waals surface area contributed by atoms with Crippen LogP contribution in [0.2, 0.25) is 0 Å². The molecule has 0 aliphatic heterocycles. The Balaban J connectivity index is 2.41. The molecule has 2 aliphatic carbocycles. The Morgan fingerprint density at radius 3 is 2.17 bits per heavy atom. The van der Waals surface area contributed by atoms with E-state index in [1.807, 2.05) is 20.8 Å². The minimum Gasteiger partial charge on any atom is -0.479 e. The first-order valence-electron chi connectivity index (χ1n) is 8.05. The number of fused-ring (bicyclic) bond motifs is 2. The molecule has 6 N–H and O–H groups in total. The smallest absolute Gasteiger partial charge is 0.338 e. The maximum absolute atomic E-state index is 11.8. The van der Waals surface area contributed by atoms with Gasteiger partial charge in [0.2, 0.25) is 0 Å². The summed E-state index contributed by atoms with van der Waals surface area (Å²) in [6, 6.07) is 0. The molecule has 3 unspecified atom stereocenters. The van der Waals surface area contributed by atoms with Crippen molar-refractivity contribution >= 4 is 5.97 Å². The fourth-order valence-corrected chi connectivity index (χ4v) is 4.93. The Hall–Kier alpha value is -0.730. The van der Waals surface area contributed by atoms with Crippen LogP contribution in [0.15, 0.2) is 0 Å². The van der Waals surface area contributed by atoms with Gasteiger partial charge in [-0.3, -0.25) is 0 Å². The minimum absolute atomic E-state index is 0.193. The van der Waals surface area contributed by atoms with Gasteiger partial charge in [0, 0.05) is 5.92 Å². The van der Waals surface area contributed by atoms with E-state index < -0.39 is 47.8 Å². The van der Waals surface area contributed by atoms with Crippen LogP contribution in [-0.4, -0.2) is 67.1 Å². The highest BCUT2D eigenvalue weighted by Crippen LogP contribution is 2.70. The monoisotopic (exact) mass is 332 g/mol. The lowest BCUT2D eigenvalue weighted by Crippen LogP contribution is -2.64. The molecular formula is C16H28O7. The maximum atomic E-state index is 11.8. The summed E-state index contributed by atoms with van der Waals surface area (Å²) in [6.07, 6.45) is -3.67. The maximum Gasteiger partial charge on any atom is 0.338 e. The van der Waals surface area contributed by atoms with E-state index in [0.29, 0.717) is 6.42 Å². The molecule has 0 radical (unpaired) electrons. The highest BCUT2D eigenvalue weighted by Gasteiger charge is 2.70. The van der Waals surface area contributed by atoms with Gasteiger partial charge < -0.3 is 30.6 Å². The zero-order chi connectivity index (χ0) is 17.8. The molecule has 2 fully saturated rings. The van der Waals surface area contributed by atoms with Crippen molar-refractivity contribution in [1.29, 1.82) is 0 Å². The molecule has 0 spiro atoms. The first-order valence-corrected chi connectivity index (χ1v) is 8.05. The zero-order valence-electron chi connectivity index (χ0n) is 13.8. The summed E-state index contributed by atoms with van der Waals surface area (Å²) in [7, 11) is 0. The number of carboxylic acids is 1. The number of aliphatic hydroxyl groups excluding tert-OH is 4. The highest BCUT2D eigenvalue weighted by atomic mass is 16.4. The van der Waals surface area contributed by atoms with Crippen LogP contribution in [0.5, 0.6) is 0 Å².